The average molecular weight is 256 g/mol. The molecule has 3 N–H and O–H groups in total. The highest BCUT2D eigenvalue weighted by Gasteiger charge is 2.15. The van der Waals surface area contributed by atoms with E-state index in [2.05, 4.69) is 9.97 Å². The number of nitrogens with zero attached hydrogens (tertiary/aromatic N) is 2. The van der Waals surface area contributed by atoms with E-state index in [9.17, 15) is 4.79 Å². The van der Waals surface area contributed by atoms with Gasteiger partial charge in [-0.1, -0.05) is 12.2 Å². The molecule has 94 valence electrons. The maximum atomic E-state index is 11.5. The Morgan fingerprint density at radius 3 is 2.94 bits per heavy atom. The summed E-state index contributed by atoms with van der Waals surface area (Å²) in [4.78, 5) is 20.5. The summed E-state index contributed by atoms with van der Waals surface area (Å²) >= 11 is 4.83. The minimum Gasteiger partial charge on any atom is -0.489 e. The van der Waals surface area contributed by atoms with Gasteiger partial charge in [0.25, 0.3) is 5.56 Å². The number of nitrogens with two attached hydrogens (primary N) is 1. The van der Waals surface area contributed by atoms with Crippen molar-refractivity contribution in [3.05, 3.63) is 16.7 Å². The van der Waals surface area contributed by atoms with Crippen LogP contribution in [0.4, 0.5) is 5.82 Å². The van der Waals surface area contributed by atoms with Gasteiger partial charge in [0.15, 0.2) is 5.82 Å². The van der Waals surface area contributed by atoms with Gasteiger partial charge < -0.3 is 20.4 Å². The minimum absolute atomic E-state index is 0.206. The molecule has 0 aliphatic rings. The number of ether oxygens (including phenoxy) is 1. The van der Waals surface area contributed by atoms with Gasteiger partial charge in [0.05, 0.1) is 18.4 Å². The van der Waals surface area contributed by atoms with Crippen molar-refractivity contribution >= 4 is 23.0 Å². The van der Waals surface area contributed by atoms with Crippen LogP contribution in [0.2, 0.25) is 0 Å². The molecule has 1 aromatic rings. The fourth-order valence-corrected chi connectivity index (χ4v) is 1.54. The topological polar surface area (TPSA) is 84.2 Å². The molecule has 0 saturated carbocycles. The van der Waals surface area contributed by atoms with Crippen molar-refractivity contribution in [3.8, 4) is 5.75 Å². The Labute approximate surface area is 105 Å². The molecule has 0 radical (unpaired) electrons. The molecule has 0 fully saturated rings. The molecule has 0 bridgehead atoms. The Morgan fingerprint density at radius 1 is 1.71 bits per heavy atom. The van der Waals surface area contributed by atoms with Crippen LogP contribution in [-0.4, -0.2) is 35.2 Å². The van der Waals surface area contributed by atoms with Crippen molar-refractivity contribution in [3.63, 3.8) is 0 Å². The Bertz CT molecular complexity index is 446. The van der Waals surface area contributed by atoms with Crippen LogP contribution in [0.25, 0.3) is 0 Å². The number of anilines is 1. The summed E-state index contributed by atoms with van der Waals surface area (Å²) in [5, 5.41) is 0. The number of rotatable bonds is 6. The summed E-state index contributed by atoms with van der Waals surface area (Å²) in [6.45, 7) is 3.26. The average Bonchev–Trinajstić information content (AvgIpc) is 2.29. The van der Waals surface area contributed by atoms with Crippen molar-refractivity contribution in [2.45, 2.75) is 13.3 Å². The van der Waals surface area contributed by atoms with Crippen LogP contribution in [0.3, 0.4) is 0 Å². The molecule has 1 rings (SSSR count). The number of H-pyrrole nitrogens is 1. The third-order valence-electron chi connectivity index (χ3n) is 2.31. The molecule has 0 unspecified atom stereocenters. The summed E-state index contributed by atoms with van der Waals surface area (Å²) in [5.41, 5.74) is 5.16. The second-order valence-corrected chi connectivity index (χ2v) is 3.91. The molecular weight excluding hydrogens is 240 g/mol. The van der Waals surface area contributed by atoms with Crippen LogP contribution in [0, 0.1) is 0 Å². The molecule has 1 heterocycles. The van der Waals surface area contributed by atoms with Gasteiger partial charge in [0.1, 0.15) is 0 Å². The first-order valence-electron chi connectivity index (χ1n) is 5.25. The lowest BCUT2D eigenvalue weighted by atomic mass is 10.3. The smallest absolute Gasteiger partial charge is 0.295 e. The van der Waals surface area contributed by atoms with Gasteiger partial charge in [-0.3, -0.25) is 4.79 Å². The third-order valence-corrected chi connectivity index (χ3v) is 2.51. The zero-order chi connectivity index (χ0) is 12.8. The summed E-state index contributed by atoms with van der Waals surface area (Å²) in [5.74, 6) is 0.715. The predicted octanol–water partition coefficient (Wildman–Crippen LogP) is 0.281. The van der Waals surface area contributed by atoms with Gasteiger partial charge >= 0.3 is 0 Å². The predicted molar refractivity (Wildman–Crippen MR) is 70.7 cm³/mol. The highest BCUT2D eigenvalue weighted by Crippen LogP contribution is 2.19. The Balaban J connectivity index is 2.99. The SMILES string of the molecule is CCN(CCC(N)=S)c1nc[nH]c(=O)c1OC. The maximum absolute atomic E-state index is 11.5. The van der Waals surface area contributed by atoms with Gasteiger partial charge in [-0.05, 0) is 6.92 Å². The van der Waals surface area contributed by atoms with E-state index in [0.29, 0.717) is 30.3 Å². The lowest BCUT2D eigenvalue weighted by Crippen LogP contribution is -2.30. The number of aromatic amines is 1. The van der Waals surface area contributed by atoms with Crippen LogP contribution in [0.5, 0.6) is 5.75 Å². The van der Waals surface area contributed by atoms with E-state index < -0.39 is 0 Å². The number of nitrogens with one attached hydrogen (secondary N) is 1. The molecule has 1 aromatic heterocycles. The lowest BCUT2D eigenvalue weighted by molar-refractivity contribution is 0.405. The summed E-state index contributed by atoms with van der Waals surface area (Å²) in [7, 11) is 1.44. The van der Waals surface area contributed by atoms with Gasteiger partial charge in [-0.15, -0.1) is 0 Å². The van der Waals surface area contributed by atoms with Crippen molar-refractivity contribution < 1.29 is 4.74 Å². The van der Waals surface area contributed by atoms with Gasteiger partial charge in [0.2, 0.25) is 5.75 Å². The van der Waals surface area contributed by atoms with Crippen molar-refractivity contribution in [1.29, 1.82) is 0 Å². The van der Waals surface area contributed by atoms with Crippen molar-refractivity contribution in [1.82, 2.24) is 9.97 Å². The molecule has 0 amide bonds. The minimum atomic E-state index is -0.300. The molecule has 6 nitrogen and oxygen atoms in total. The first-order valence-corrected chi connectivity index (χ1v) is 5.65. The van der Waals surface area contributed by atoms with Crippen LogP contribution < -0.4 is 20.9 Å². The van der Waals surface area contributed by atoms with E-state index in [1.54, 1.807) is 0 Å². The summed E-state index contributed by atoms with van der Waals surface area (Å²) < 4.78 is 5.05. The van der Waals surface area contributed by atoms with E-state index in [0.717, 1.165) is 0 Å². The zero-order valence-corrected chi connectivity index (χ0v) is 10.7. The quantitative estimate of drug-likeness (QED) is 0.711. The van der Waals surface area contributed by atoms with Gasteiger partial charge in [0, 0.05) is 19.5 Å². The maximum Gasteiger partial charge on any atom is 0.295 e. The first kappa shape index (κ1) is 13.4. The third kappa shape index (κ3) is 3.42. The monoisotopic (exact) mass is 256 g/mol. The van der Waals surface area contributed by atoms with Gasteiger partial charge in [-0.2, -0.15) is 0 Å². The molecule has 0 atom stereocenters. The largest absolute Gasteiger partial charge is 0.489 e. The fraction of sp³-hybridized carbons (Fsp3) is 0.500. The summed E-state index contributed by atoms with van der Waals surface area (Å²) in [6.07, 6.45) is 1.92. The number of methoxy groups -OCH3 is 1. The van der Waals surface area contributed by atoms with Gasteiger partial charge in [-0.25, -0.2) is 4.98 Å². The van der Waals surface area contributed by atoms with E-state index in [1.165, 1.54) is 13.4 Å². The first-order chi connectivity index (χ1) is 8.10. The van der Waals surface area contributed by atoms with Crippen molar-refractivity contribution in [2.24, 2.45) is 5.73 Å². The molecular formula is C10H16N4O2S. The van der Waals surface area contributed by atoms with Crippen LogP contribution >= 0.6 is 12.2 Å². The summed E-state index contributed by atoms with van der Waals surface area (Å²) in [6, 6.07) is 0. The molecule has 17 heavy (non-hydrogen) atoms. The normalized spacial score (nSPS) is 10.0. The molecule has 7 heteroatoms. The fourth-order valence-electron chi connectivity index (χ4n) is 1.45. The van der Waals surface area contributed by atoms with Crippen LogP contribution in [0.15, 0.2) is 11.1 Å². The second kappa shape index (κ2) is 6.19. The second-order valence-electron chi connectivity index (χ2n) is 3.38. The van der Waals surface area contributed by atoms with E-state index in [1.807, 2.05) is 11.8 Å². The number of hydrogen-bond donors (Lipinski definition) is 2. The van der Waals surface area contributed by atoms with Crippen LogP contribution in [0.1, 0.15) is 13.3 Å². The molecule has 0 aliphatic carbocycles. The van der Waals surface area contributed by atoms with E-state index in [-0.39, 0.29) is 11.3 Å². The molecule has 0 aliphatic heterocycles. The Hall–Kier alpha value is -1.63. The van der Waals surface area contributed by atoms with Crippen molar-refractivity contribution in [2.75, 3.05) is 25.1 Å². The molecule has 0 spiro atoms. The molecule has 0 saturated heterocycles. The number of hydrogen-bond acceptors (Lipinski definition) is 5. The van der Waals surface area contributed by atoms with E-state index >= 15 is 0 Å². The van der Waals surface area contributed by atoms with E-state index in [4.69, 9.17) is 22.7 Å². The zero-order valence-electron chi connectivity index (χ0n) is 9.90. The van der Waals surface area contributed by atoms with Crippen LogP contribution in [-0.2, 0) is 0 Å². The number of aromatic nitrogens is 2. The number of thiocarbonyl (C=S) groups is 1. The standard InChI is InChI=1S/C10H16N4O2S/c1-3-14(5-4-7(11)17)9-8(16-2)10(15)13-6-12-9/h6H,3-5H2,1-2H3,(H2,11,17)(H,12,13,15). The highest BCUT2D eigenvalue weighted by atomic mass is 32.1. The lowest BCUT2D eigenvalue weighted by Gasteiger charge is -2.22. The molecule has 0 aromatic carbocycles. The Kier molecular flexibility index (Phi) is 4.89. The Morgan fingerprint density at radius 2 is 2.41 bits per heavy atom. The highest BCUT2D eigenvalue weighted by molar-refractivity contribution is 7.80.